The number of rotatable bonds is 36. The van der Waals surface area contributed by atoms with Crippen LogP contribution in [0.3, 0.4) is 0 Å². The molecule has 0 aliphatic carbocycles. The minimum atomic E-state index is 1.37. The SMILES string of the molecule is CCCCCCCCCCCCCCCCCCCCCCCCCCCCCCCCCCCCCCC. The molecule has 0 spiro atoms. The van der Waals surface area contributed by atoms with Gasteiger partial charge in [0.25, 0.3) is 0 Å². The van der Waals surface area contributed by atoms with Gasteiger partial charge in [0.2, 0.25) is 0 Å². The van der Waals surface area contributed by atoms with E-state index in [2.05, 4.69) is 13.8 Å². The Hall–Kier alpha value is 0. The van der Waals surface area contributed by atoms with Crippen molar-refractivity contribution >= 4 is 0 Å². The highest BCUT2D eigenvalue weighted by Crippen LogP contribution is 2.17. The Morgan fingerprint density at radius 1 is 0.128 bits per heavy atom. The molecule has 0 aliphatic heterocycles. The van der Waals surface area contributed by atoms with Gasteiger partial charge in [-0.25, -0.2) is 0 Å². The lowest BCUT2D eigenvalue weighted by atomic mass is 10.0. The van der Waals surface area contributed by atoms with Crippen LogP contribution in [0.2, 0.25) is 0 Å². The van der Waals surface area contributed by atoms with Crippen LogP contribution < -0.4 is 0 Å². The van der Waals surface area contributed by atoms with E-state index < -0.39 is 0 Å². The summed E-state index contributed by atoms with van der Waals surface area (Å²) in [4.78, 5) is 0. The first-order valence-corrected chi connectivity index (χ1v) is 19.4. The largest absolute Gasteiger partial charge is 0.0654 e. The molecule has 0 fully saturated rings. The molecular weight excluding hydrogens is 468 g/mol. The van der Waals surface area contributed by atoms with Crippen molar-refractivity contribution in [3.8, 4) is 0 Å². The Balaban J connectivity index is 3.01. The Labute approximate surface area is 251 Å². The molecule has 0 aliphatic rings. The van der Waals surface area contributed by atoms with E-state index in [4.69, 9.17) is 0 Å². The summed E-state index contributed by atoms with van der Waals surface area (Å²) in [5, 5.41) is 0. The van der Waals surface area contributed by atoms with E-state index in [1.165, 1.54) is 238 Å². The lowest BCUT2D eigenvalue weighted by Crippen LogP contribution is -1.85. The molecule has 0 radical (unpaired) electrons. The van der Waals surface area contributed by atoms with Crippen molar-refractivity contribution < 1.29 is 0 Å². The van der Waals surface area contributed by atoms with Crippen molar-refractivity contribution in [2.75, 3.05) is 0 Å². The van der Waals surface area contributed by atoms with E-state index in [0.717, 1.165) is 0 Å². The van der Waals surface area contributed by atoms with Crippen LogP contribution >= 0.6 is 0 Å². The second-order valence-electron chi connectivity index (χ2n) is 13.4. The molecule has 0 bridgehead atoms. The molecular formula is C39H80. The first kappa shape index (κ1) is 39.0. The quantitative estimate of drug-likeness (QED) is 0.0683. The van der Waals surface area contributed by atoms with Gasteiger partial charge in [0, 0.05) is 0 Å². The highest BCUT2D eigenvalue weighted by atomic mass is 14.0. The first-order valence-electron chi connectivity index (χ1n) is 19.4. The van der Waals surface area contributed by atoms with E-state index in [1.807, 2.05) is 0 Å². The van der Waals surface area contributed by atoms with E-state index in [1.54, 1.807) is 0 Å². The van der Waals surface area contributed by atoms with E-state index in [0.29, 0.717) is 0 Å². The summed E-state index contributed by atoms with van der Waals surface area (Å²) >= 11 is 0. The molecule has 0 atom stereocenters. The van der Waals surface area contributed by atoms with Crippen LogP contribution in [-0.4, -0.2) is 0 Å². The molecule has 0 heteroatoms. The van der Waals surface area contributed by atoms with Crippen LogP contribution in [-0.2, 0) is 0 Å². The second kappa shape index (κ2) is 38.0. The molecule has 0 N–H and O–H groups in total. The maximum absolute atomic E-state index is 2.31. The van der Waals surface area contributed by atoms with Crippen molar-refractivity contribution in [2.24, 2.45) is 0 Å². The lowest BCUT2D eigenvalue weighted by Gasteiger charge is -2.05. The molecule has 0 nitrogen and oxygen atoms in total. The van der Waals surface area contributed by atoms with Crippen molar-refractivity contribution in [2.45, 2.75) is 251 Å². The first-order chi connectivity index (χ1) is 19.4. The molecule has 0 unspecified atom stereocenters. The fourth-order valence-corrected chi connectivity index (χ4v) is 6.33. The van der Waals surface area contributed by atoms with Gasteiger partial charge in [-0.2, -0.15) is 0 Å². The molecule has 0 amide bonds. The third-order valence-electron chi connectivity index (χ3n) is 9.21. The smallest absolute Gasteiger partial charge is 0.0533 e. The Morgan fingerprint density at radius 2 is 0.205 bits per heavy atom. The summed E-state index contributed by atoms with van der Waals surface area (Å²) < 4.78 is 0. The van der Waals surface area contributed by atoms with Crippen LogP contribution in [0.5, 0.6) is 0 Å². The second-order valence-corrected chi connectivity index (χ2v) is 13.4. The van der Waals surface area contributed by atoms with Gasteiger partial charge in [-0.3, -0.25) is 0 Å². The van der Waals surface area contributed by atoms with Gasteiger partial charge in [-0.15, -0.1) is 0 Å². The molecule has 0 saturated heterocycles. The molecule has 39 heavy (non-hydrogen) atoms. The van der Waals surface area contributed by atoms with Crippen molar-refractivity contribution in [1.29, 1.82) is 0 Å². The maximum Gasteiger partial charge on any atom is -0.0533 e. The predicted octanol–water partition coefficient (Wildman–Crippen LogP) is 15.5. The van der Waals surface area contributed by atoms with Gasteiger partial charge in [0.05, 0.1) is 0 Å². The van der Waals surface area contributed by atoms with Crippen LogP contribution in [0.4, 0.5) is 0 Å². The van der Waals surface area contributed by atoms with Crippen molar-refractivity contribution in [3.63, 3.8) is 0 Å². The maximum atomic E-state index is 2.31. The summed E-state index contributed by atoms with van der Waals surface area (Å²) in [6.07, 6.45) is 54.9. The Bertz CT molecular complexity index is 349. The average Bonchev–Trinajstić information content (AvgIpc) is 2.95. The molecule has 236 valence electrons. The van der Waals surface area contributed by atoms with Crippen LogP contribution in [0.25, 0.3) is 0 Å². The summed E-state index contributed by atoms with van der Waals surface area (Å²) in [6, 6.07) is 0. The van der Waals surface area contributed by atoms with Crippen LogP contribution in [0, 0.1) is 0 Å². The zero-order chi connectivity index (χ0) is 28.2. The molecule has 0 aromatic rings. The predicted molar refractivity (Wildman–Crippen MR) is 182 cm³/mol. The molecule has 0 heterocycles. The molecule has 0 saturated carbocycles. The molecule has 0 aromatic heterocycles. The standard InChI is InChI=1S/C39H80/c1-3-5-7-9-11-13-15-17-19-21-23-25-27-29-31-33-35-37-39-38-36-34-32-30-28-26-24-22-20-18-16-14-12-10-8-6-4-2/h3-39H2,1-2H3. The number of hydrogen-bond donors (Lipinski definition) is 0. The van der Waals surface area contributed by atoms with Gasteiger partial charge in [0.1, 0.15) is 0 Å². The van der Waals surface area contributed by atoms with Gasteiger partial charge >= 0.3 is 0 Å². The number of unbranched alkanes of at least 4 members (excludes halogenated alkanes) is 36. The minimum Gasteiger partial charge on any atom is -0.0654 e. The Morgan fingerprint density at radius 3 is 0.282 bits per heavy atom. The van der Waals surface area contributed by atoms with E-state index in [9.17, 15) is 0 Å². The topological polar surface area (TPSA) is 0 Å². The van der Waals surface area contributed by atoms with Crippen molar-refractivity contribution in [3.05, 3.63) is 0 Å². The normalized spacial score (nSPS) is 11.5. The molecule has 0 aromatic carbocycles. The zero-order valence-electron chi connectivity index (χ0n) is 28.2. The lowest BCUT2D eigenvalue weighted by molar-refractivity contribution is 0.510. The monoisotopic (exact) mass is 549 g/mol. The summed E-state index contributed by atoms with van der Waals surface area (Å²) in [7, 11) is 0. The van der Waals surface area contributed by atoms with Crippen LogP contribution in [0.15, 0.2) is 0 Å². The van der Waals surface area contributed by atoms with Gasteiger partial charge in [-0.05, 0) is 0 Å². The van der Waals surface area contributed by atoms with Gasteiger partial charge < -0.3 is 0 Å². The zero-order valence-corrected chi connectivity index (χ0v) is 28.2. The minimum absolute atomic E-state index is 1.37. The summed E-state index contributed by atoms with van der Waals surface area (Å²) in [5.74, 6) is 0. The van der Waals surface area contributed by atoms with Crippen molar-refractivity contribution in [1.82, 2.24) is 0 Å². The summed E-state index contributed by atoms with van der Waals surface area (Å²) in [5.41, 5.74) is 0. The third kappa shape index (κ3) is 38.0. The highest BCUT2D eigenvalue weighted by molar-refractivity contribution is 4.53. The fourth-order valence-electron chi connectivity index (χ4n) is 6.33. The Kier molecular flexibility index (Phi) is 38.0. The molecule has 0 rings (SSSR count). The van der Waals surface area contributed by atoms with E-state index >= 15 is 0 Å². The fraction of sp³-hybridized carbons (Fsp3) is 1.00. The number of hydrogen-bond acceptors (Lipinski definition) is 0. The van der Waals surface area contributed by atoms with Gasteiger partial charge in [0.15, 0.2) is 0 Å². The third-order valence-corrected chi connectivity index (χ3v) is 9.21. The average molecular weight is 549 g/mol. The summed E-state index contributed by atoms with van der Waals surface area (Å²) in [6.45, 7) is 4.62. The van der Waals surface area contributed by atoms with E-state index in [-0.39, 0.29) is 0 Å². The van der Waals surface area contributed by atoms with Gasteiger partial charge in [-0.1, -0.05) is 251 Å². The highest BCUT2D eigenvalue weighted by Gasteiger charge is 1.97. The van der Waals surface area contributed by atoms with Crippen LogP contribution in [0.1, 0.15) is 251 Å².